The van der Waals surface area contributed by atoms with E-state index in [1.54, 1.807) is 4.90 Å². The molecule has 1 aliphatic rings. The Morgan fingerprint density at radius 1 is 1.21 bits per heavy atom. The molecule has 0 saturated heterocycles. The average molecular weight is 464 g/mol. The topological polar surface area (TPSA) is 98.7 Å². The lowest BCUT2D eigenvalue weighted by atomic mass is 9.94. The molecule has 0 spiro atoms. The zero-order chi connectivity index (χ0) is 24.4. The van der Waals surface area contributed by atoms with Gasteiger partial charge in [0.15, 0.2) is 0 Å². The first-order chi connectivity index (χ1) is 16.3. The normalized spacial score (nSPS) is 15.3. The molecule has 0 unspecified atom stereocenters. The van der Waals surface area contributed by atoms with Gasteiger partial charge in [0.25, 0.3) is 5.91 Å². The Hall–Kier alpha value is -3.32. The fourth-order valence-electron chi connectivity index (χ4n) is 4.55. The summed E-state index contributed by atoms with van der Waals surface area (Å²) >= 11 is 0. The second-order valence-electron chi connectivity index (χ2n) is 9.42. The van der Waals surface area contributed by atoms with E-state index >= 15 is 0 Å². The number of rotatable bonds is 9. The highest BCUT2D eigenvalue weighted by Crippen LogP contribution is 2.45. The number of aromatic hydroxyl groups is 1. The number of carbonyl (C=O) groups excluding carboxylic acids is 1. The van der Waals surface area contributed by atoms with Crippen LogP contribution in [0.1, 0.15) is 65.5 Å². The van der Waals surface area contributed by atoms with Gasteiger partial charge in [-0.05, 0) is 67.5 Å². The third-order valence-corrected chi connectivity index (χ3v) is 6.26. The minimum atomic E-state index is -0.406. The maximum atomic E-state index is 13.4. The summed E-state index contributed by atoms with van der Waals surface area (Å²) in [4.78, 5) is 15.1. The number of nitrogens with zero attached hydrogens (tertiary/aromatic N) is 2. The molecule has 1 amide bonds. The minimum Gasteiger partial charge on any atom is -0.507 e. The molecule has 1 atom stereocenters. The van der Waals surface area contributed by atoms with Crippen molar-refractivity contribution in [3.63, 3.8) is 0 Å². The van der Waals surface area contributed by atoms with Crippen LogP contribution in [0.4, 0.5) is 0 Å². The molecule has 180 valence electrons. The number of H-pyrrole nitrogens is 1. The standard InChI is InChI=1S/C27H33N3O4/c1-16(2)9-12-34-20-8-5-7-19(15-20)25-22-23(21-14-17(3)13-18(4)26(21)32)28-29-24(22)27(33)30(25)10-6-11-31/h5,7-8,13-16,25,31-32H,6,9-12H2,1-4H3,(H,28,29)/t25-/m0/s1. The molecule has 7 heteroatoms. The van der Waals surface area contributed by atoms with E-state index in [1.165, 1.54) is 0 Å². The molecule has 3 N–H and O–H groups in total. The van der Waals surface area contributed by atoms with Crippen molar-refractivity contribution < 1.29 is 19.7 Å². The maximum absolute atomic E-state index is 13.4. The van der Waals surface area contributed by atoms with Gasteiger partial charge in [0.1, 0.15) is 22.9 Å². The molecule has 0 fully saturated rings. The van der Waals surface area contributed by atoms with Crippen LogP contribution in [-0.4, -0.2) is 51.0 Å². The van der Waals surface area contributed by atoms with Gasteiger partial charge in [-0.3, -0.25) is 9.89 Å². The van der Waals surface area contributed by atoms with Crippen LogP contribution in [0.15, 0.2) is 36.4 Å². The third-order valence-electron chi connectivity index (χ3n) is 6.26. The number of nitrogens with one attached hydrogen (secondary N) is 1. The predicted octanol–water partition coefficient (Wildman–Crippen LogP) is 4.75. The van der Waals surface area contributed by atoms with Crippen molar-refractivity contribution in [2.75, 3.05) is 19.8 Å². The van der Waals surface area contributed by atoms with Crippen LogP contribution in [-0.2, 0) is 0 Å². The number of aliphatic hydroxyl groups is 1. The third kappa shape index (κ3) is 4.53. The Morgan fingerprint density at radius 2 is 2.00 bits per heavy atom. The Morgan fingerprint density at radius 3 is 2.74 bits per heavy atom. The van der Waals surface area contributed by atoms with Crippen molar-refractivity contribution in [2.45, 2.75) is 46.6 Å². The first-order valence-corrected chi connectivity index (χ1v) is 11.8. The first kappa shape index (κ1) is 23.8. The summed E-state index contributed by atoms with van der Waals surface area (Å²) in [6.07, 6.45) is 1.42. The quantitative estimate of drug-likeness (QED) is 0.425. The number of amides is 1. The number of fused-ring (bicyclic) bond motifs is 1. The summed E-state index contributed by atoms with van der Waals surface area (Å²) in [5.41, 5.74) is 4.98. The summed E-state index contributed by atoms with van der Waals surface area (Å²) in [7, 11) is 0. The van der Waals surface area contributed by atoms with Crippen molar-refractivity contribution in [3.05, 3.63) is 64.3 Å². The van der Waals surface area contributed by atoms with Crippen molar-refractivity contribution in [1.82, 2.24) is 15.1 Å². The van der Waals surface area contributed by atoms with Crippen LogP contribution >= 0.6 is 0 Å². The van der Waals surface area contributed by atoms with Crippen molar-refractivity contribution in [1.29, 1.82) is 0 Å². The molecule has 1 aliphatic heterocycles. The van der Waals surface area contributed by atoms with Crippen LogP contribution in [0.25, 0.3) is 11.3 Å². The van der Waals surface area contributed by atoms with Crippen molar-refractivity contribution >= 4 is 5.91 Å². The summed E-state index contributed by atoms with van der Waals surface area (Å²) < 4.78 is 5.99. The zero-order valence-electron chi connectivity index (χ0n) is 20.3. The molecule has 0 saturated carbocycles. The number of hydrogen-bond acceptors (Lipinski definition) is 5. The molecule has 2 heterocycles. The van der Waals surface area contributed by atoms with Gasteiger partial charge >= 0.3 is 0 Å². The second-order valence-corrected chi connectivity index (χ2v) is 9.42. The van der Waals surface area contributed by atoms with Crippen LogP contribution in [0.5, 0.6) is 11.5 Å². The van der Waals surface area contributed by atoms with Gasteiger partial charge in [-0.2, -0.15) is 5.10 Å². The van der Waals surface area contributed by atoms with Gasteiger partial charge in [0, 0.05) is 24.3 Å². The highest BCUT2D eigenvalue weighted by atomic mass is 16.5. The number of benzene rings is 2. The average Bonchev–Trinajstić information content (AvgIpc) is 3.33. The predicted molar refractivity (Wildman–Crippen MR) is 131 cm³/mol. The molecule has 4 rings (SSSR count). The monoisotopic (exact) mass is 463 g/mol. The van der Waals surface area contributed by atoms with Crippen molar-refractivity contribution in [3.8, 4) is 22.8 Å². The molecular weight excluding hydrogens is 430 g/mol. The molecular formula is C27H33N3O4. The lowest BCUT2D eigenvalue weighted by molar-refractivity contribution is 0.0732. The van der Waals surface area contributed by atoms with E-state index in [2.05, 4.69) is 24.0 Å². The molecule has 0 aliphatic carbocycles. The highest BCUT2D eigenvalue weighted by molar-refractivity contribution is 6.00. The molecule has 2 aromatic carbocycles. The van der Waals surface area contributed by atoms with E-state index in [0.717, 1.165) is 34.4 Å². The molecule has 34 heavy (non-hydrogen) atoms. The SMILES string of the molecule is Cc1cc(C)c(O)c(-c2n[nH]c3c2[C@H](c2cccc(OCCC(C)C)c2)N(CCCO)C3=O)c1. The van der Waals surface area contributed by atoms with Crippen LogP contribution in [0, 0.1) is 19.8 Å². The molecule has 1 aromatic heterocycles. The Bertz CT molecular complexity index is 1180. The summed E-state index contributed by atoms with van der Waals surface area (Å²) in [6.45, 7) is 9.16. The number of aromatic amines is 1. The maximum Gasteiger partial charge on any atom is 0.273 e. The van der Waals surface area contributed by atoms with Gasteiger partial charge < -0.3 is 19.8 Å². The van der Waals surface area contributed by atoms with E-state index in [-0.39, 0.29) is 18.3 Å². The van der Waals surface area contributed by atoms with Gasteiger partial charge in [0.2, 0.25) is 0 Å². The van der Waals surface area contributed by atoms with E-state index < -0.39 is 6.04 Å². The smallest absolute Gasteiger partial charge is 0.273 e. The molecule has 7 nitrogen and oxygen atoms in total. The summed E-state index contributed by atoms with van der Waals surface area (Å²) in [5.74, 6) is 1.29. The second kappa shape index (κ2) is 9.89. The zero-order valence-corrected chi connectivity index (χ0v) is 20.3. The molecule has 0 radical (unpaired) electrons. The van der Waals surface area contributed by atoms with E-state index in [0.29, 0.717) is 42.4 Å². The lowest BCUT2D eigenvalue weighted by Crippen LogP contribution is -2.31. The van der Waals surface area contributed by atoms with E-state index in [4.69, 9.17) is 4.74 Å². The van der Waals surface area contributed by atoms with Crippen molar-refractivity contribution in [2.24, 2.45) is 5.92 Å². The molecule has 0 bridgehead atoms. The Kier molecular flexibility index (Phi) is 6.93. The number of aromatic nitrogens is 2. The Balaban J connectivity index is 1.80. The largest absolute Gasteiger partial charge is 0.507 e. The number of aliphatic hydroxyl groups excluding tert-OH is 1. The minimum absolute atomic E-state index is 0.00818. The summed E-state index contributed by atoms with van der Waals surface area (Å²) in [5, 5.41) is 27.7. The van der Waals surface area contributed by atoms with Gasteiger partial charge in [-0.15, -0.1) is 0 Å². The van der Waals surface area contributed by atoms with Gasteiger partial charge in [0.05, 0.1) is 12.6 Å². The van der Waals surface area contributed by atoms with E-state index in [9.17, 15) is 15.0 Å². The number of phenolic OH excluding ortho intramolecular Hbond substituents is 1. The lowest BCUT2D eigenvalue weighted by Gasteiger charge is -2.26. The molecule has 3 aromatic rings. The number of phenols is 1. The number of hydrogen-bond donors (Lipinski definition) is 3. The van der Waals surface area contributed by atoms with Crippen LogP contribution in [0.3, 0.4) is 0 Å². The van der Waals surface area contributed by atoms with Gasteiger partial charge in [-0.25, -0.2) is 0 Å². The number of carbonyl (C=O) groups is 1. The number of ether oxygens (including phenoxy) is 1. The number of aryl methyl sites for hydroxylation is 2. The summed E-state index contributed by atoms with van der Waals surface area (Å²) in [6, 6.07) is 11.2. The van der Waals surface area contributed by atoms with E-state index in [1.807, 2.05) is 50.2 Å². The fraction of sp³-hybridized carbons (Fsp3) is 0.407. The van der Waals surface area contributed by atoms with Crippen LogP contribution in [0.2, 0.25) is 0 Å². The Labute approximate surface area is 200 Å². The fourth-order valence-corrected chi connectivity index (χ4v) is 4.55. The highest BCUT2D eigenvalue weighted by Gasteiger charge is 2.42. The van der Waals surface area contributed by atoms with Crippen LogP contribution < -0.4 is 4.74 Å². The first-order valence-electron chi connectivity index (χ1n) is 11.8. The van der Waals surface area contributed by atoms with Gasteiger partial charge in [-0.1, -0.05) is 32.0 Å².